The van der Waals surface area contributed by atoms with Gasteiger partial charge in [0.1, 0.15) is 36.8 Å². The van der Waals surface area contributed by atoms with Gasteiger partial charge in [0.2, 0.25) is 0 Å². The molecule has 0 aliphatic carbocycles. The van der Waals surface area contributed by atoms with E-state index in [2.05, 4.69) is 86.8 Å². The van der Waals surface area contributed by atoms with Gasteiger partial charge in [-0.15, -0.1) is 0 Å². The highest BCUT2D eigenvalue weighted by atomic mass is 32.2. The molecule has 4 N–H and O–H groups in total. The first-order valence-electron chi connectivity index (χ1n) is 27.5. The first kappa shape index (κ1) is 65.1. The summed E-state index contributed by atoms with van der Waals surface area (Å²) >= 11 is 0. The van der Waals surface area contributed by atoms with Crippen LogP contribution in [0.1, 0.15) is 219 Å². The number of ether oxygens (including phenoxy) is 4. The van der Waals surface area contributed by atoms with Crippen LogP contribution in [0.2, 0.25) is 0 Å². The highest BCUT2D eigenvalue weighted by Crippen LogP contribution is 2.24. The van der Waals surface area contributed by atoms with E-state index in [0.717, 1.165) is 64.2 Å². The minimum Gasteiger partial charge on any atom is -0.462 e. The van der Waals surface area contributed by atoms with Gasteiger partial charge in [0, 0.05) is 12.8 Å². The lowest BCUT2D eigenvalue weighted by atomic mass is 10.00. The van der Waals surface area contributed by atoms with Crippen LogP contribution in [0, 0.1) is 0 Å². The van der Waals surface area contributed by atoms with Crippen LogP contribution in [0.5, 0.6) is 0 Å². The van der Waals surface area contributed by atoms with E-state index in [4.69, 9.17) is 18.9 Å². The molecule has 0 aromatic carbocycles. The maximum atomic E-state index is 12.9. The first-order valence-corrected chi connectivity index (χ1v) is 29.1. The van der Waals surface area contributed by atoms with E-state index in [1.165, 1.54) is 109 Å². The molecule has 404 valence electrons. The molecule has 0 bridgehead atoms. The van der Waals surface area contributed by atoms with Crippen LogP contribution < -0.4 is 0 Å². The van der Waals surface area contributed by atoms with Gasteiger partial charge in [-0.2, -0.15) is 8.42 Å². The van der Waals surface area contributed by atoms with Crippen LogP contribution in [0.15, 0.2) is 72.9 Å². The molecule has 1 saturated heterocycles. The average molecular weight is 1010 g/mol. The van der Waals surface area contributed by atoms with E-state index in [1.54, 1.807) is 0 Å². The van der Waals surface area contributed by atoms with Crippen LogP contribution in [-0.2, 0) is 38.7 Å². The van der Waals surface area contributed by atoms with Crippen molar-refractivity contribution in [3.8, 4) is 0 Å². The van der Waals surface area contributed by atoms with Gasteiger partial charge in [0.05, 0.1) is 6.61 Å². The summed E-state index contributed by atoms with van der Waals surface area (Å²) in [5.74, 6) is -2.08. The third-order valence-corrected chi connectivity index (χ3v) is 13.0. The molecule has 12 nitrogen and oxygen atoms in total. The fourth-order valence-electron chi connectivity index (χ4n) is 7.97. The number of allylic oxidation sites excluding steroid dienone is 12. The largest absolute Gasteiger partial charge is 0.462 e. The second-order valence-corrected chi connectivity index (χ2v) is 20.4. The Kier molecular flexibility index (Phi) is 42.7. The Balaban J connectivity index is 2.39. The Labute approximate surface area is 425 Å². The van der Waals surface area contributed by atoms with Crippen LogP contribution in [0.25, 0.3) is 0 Å². The molecule has 6 atom stereocenters. The Bertz CT molecular complexity index is 1550. The molecular formula is C57H98O12S. The van der Waals surface area contributed by atoms with E-state index in [0.29, 0.717) is 19.3 Å². The highest BCUT2D eigenvalue weighted by molar-refractivity contribution is 7.85. The van der Waals surface area contributed by atoms with Crippen LogP contribution in [-0.4, -0.2) is 96.0 Å². The van der Waals surface area contributed by atoms with Crippen molar-refractivity contribution >= 4 is 22.1 Å². The normalized spacial score (nSPS) is 19.5. The molecule has 1 aliphatic heterocycles. The molecule has 0 saturated carbocycles. The molecule has 1 rings (SSSR count). The Morgan fingerprint density at radius 3 is 1.40 bits per heavy atom. The number of unbranched alkanes of at least 4 members (excludes halogenated alkanes) is 22. The number of esters is 2. The molecule has 0 radical (unpaired) electrons. The van der Waals surface area contributed by atoms with Crippen molar-refractivity contribution in [3.05, 3.63) is 72.9 Å². The smallest absolute Gasteiger partial charge is 0.306 e. The van der Waals surface area contributed by atoms with Crippen molar-refractivity contribution in [2.45, 2.75) is 256 Å². The van der Waals surface area contributed by atoms with Crippen LogP contribution >= 0.6 is 0 Å². The molecule has 0 aromatic rings. The maximum Gasteiger partial charge on any atom is 0.306 e. The lowest BCUT2D eigenvalue weighted by Gasteiger charge is -2.40. The van der Waals surface area contributed by atoms with Crippen LogP contribution in [0.4, 0.5) is 0 Å². The average Bonchev–Trinajstić information content (AvgIpc) is 3.33. The summed E-state index contributed by atoms with van der Waals surface area (Å²) in [6, 6.07) is 0. The van der Waals surface area contributed by atoms with Crippen molar-refractivity contribution in [2.75, 3.05) is 19.0 Å². The second-order valence-electron chi connectivity index (χ2n) is 18.9. The van der Waals surface area contributed by atoms with Gasteiger partial charge in [-0.1, -0.05) is 189 Å². The van der Waals surface area contributed by atoms with Gasteiger partial charge >= 0.3 is 11.9 Å². The quantitative estimate of drug-likeness (QED) is 0.0196. The number of hydrogen-bond donors (Lipinski definition) is 4. The van der Waals surface area contributed by atoms with Gasteiger partial charge < -0.3 is 34.3 Å². The van der Waals surface area contributed by atoms with Crippen LogP contribution in [0.3, 0.4) is 0 Å². The fraction of sp³-hybridized carbons (Fsp3) is 0.754. The summed E-state index contributed by atoms with van der Waals surface area (Å²) in [6.07, 6.45) is 51.0. The van der Waals surface area contributed by atoms with E-state index in [9.17, 15) is 37.9 Å². The van der Waals surface area contributed by atoms with E-state index >= 15 is 0 Å². The Morgan fingerprint density at radius 2 is 0.886 bits per heavy atom. The number of rotatable bonds is 46. The van der Waals surface area contributed by atoms with Crippen molar-refractivity contribution in [1.82, 2.24) is 0 Å². The monoisotopic (exact) mass is 1010 g/mol. The minimum absolute atomic E-state index is 0.116. The summed E-state index contributed by atoms with van der Waals surface area (Å²) in [5, 5.41) is 31.0. The molecule has 6 unspecified atom stereocenters. The minimum atomic E-state index is -4.62. The third kappa shape index (κ3) is 39.7. The summed E-state index contributed by atoms with van der Waals surface area (Å²) in [5.41, 5.74) is 0. The number of carbonyl (C=O) groups is 2. The van der Waals surface area contributed by atoms with Gasteiger partial charge in [-0.25, -0.2) is 0 Å². The summed E-state index contributed by atoms with van der Waals surface area (Å²) in [4.78, 5) is 25.5. The van der Waals surface area contributed by atoms with Crippen molar-refractivity contribution in [2.24, 2.45) is 0 Å². The maximum absolute atomic E-state index is 12.9. The van der Waals surface area contributed by atoms with Crippen molar-refractivity contribution in [3.63, 3.8) is 0 Å². The molecule has 13 heteroatoms. The predicted molar refractivity (Wildman–Crippen MR) is 284 cm³/mol. The SMILES string of the molecule is CCCCCC=CCC=CCC=CCC=CCCCCCC(=O)OC(COC(=O)CCCC=CCCC=CCCCCCCCCCCCCCCCC)COC1OC(CS(=O)(=O)O)C(O)C(O)C1O. The number of aliphatic hydroxyl groups is 3. The number of aliphatic hydroxyl groups excluding tert-OH is 3. The van der Waals surface area contributed by atoms with Crippen molar-refractivity contribution in [1.29, 1.82) is 0 Å². The molecule has 0 amide bonds. The van der Waals surface area contributed by atoms with Gasteiger partial charge in [0.25, 0.3) is 10.1 Å². The zero-order chi connectivity index (χ0) is 51.2. The summed E-state index contributed by atoms with van der Waals surface area (Å²) in [7, 11) is -4.62. The molecule has 0 spiro atoms. The lowest BCUT2D eigenvalue weighted by molar-refractivity contribution is -0.297. The fourth-order valence-corrected chi connectivity index (χ4v) is 8.67. The molecule has 1 fully saturated rings. The van der Waals surface area contributed by atoms with Gasteiger partial charge in [-0.3, -0.25) is 14.1 Å². The molecule has 0 aromatic heterocycles. The van der Waals surface area contributed by atoms with E-state index in [1.807, 2.05) is 0 Å². The van der Waals surface area contributed by atoms with Gasteiger partial charge in [0.15, 0.2) is 12.4 Å². The Hall–Kier alpha value is -2.91. The molecule has 1 aliphatic rings. The van der Waals surface area contributed by atoms with Gasteiger partial charge in [-0.05, 0) is 89.9 Å². The Morgan fingerprint density at radius 1 is 0.486 bits per heavy atom. The molecule has 1 heterocycles. The summed E-state index contributed by atoms with van der Waals surface area (Å²) < 4.78 is 54.2. The molecular weight excluding hydrogens is 909 g/mol. The first-order chi connectivity index (χ1) is 34.0. The zero-order valence-electron chi connectivity index (χ0n) is 43.6. The predicted octanol–water partition coefficient (Wildman–Crippen LogP) is 13.0. The zero-order valence-corrected chi connectivity index (χ0v) is 44.4. The second kappa shape index (κ2) is 45.9. The topological polar surface area (TPSA) is 186 Å². The number of hydrogen-bond acceptors (Lipinski definition) is 11. The highest BCUT2D eigenvalue weighted by Gasteiger charge is 2.46. The summed E-state index contributed by atoms with van der Waals surface area (Å²) in [6.45, 7) is 3.70. The lowest BCUT2D eigenvalue weighted by Crippen LogP contribution is -2.60. The van der Waals surface area contributed by atoms with E-state index in [-0.39, 0.29) is 19.4 Å². The standard InChI is InChI=1S/C57H98O12S/c1-3-5-7-9-11-13-15-17-19-21-23-24-25-26-28-29-31-33-35-37-39-41-43-45-52(58)66-47-50(48-67-57-56(62)55(61)54(60)51(69-57)49-70(63,64)65)68-53(59)46-44-42-40-38-36-34-32-30-27-22-20-18-16-14-12-10-8-6-4-2/h12,14,18,20,27,29-31,34,36-37,39,50-51,54-57,60-62H,3-11,13,15-17,19,21-26,28,32-33,35,38,40-49H2,1-2H3,(H,63,64,65). The van der Waals surface area contributed by atoms with Crippen molar-refractivity contribution < 1.29 is 56.8 Å². The third-order valence-electron chi connectivity index (χ3n) is 12.2. The number of carbonyl (C=O) groups excluding carboxylic acids is 2. The van der Waals surface area contributed by atoms with E-state index < -0.39 is 71.2 Å². The molecule has 70 heavy (non-hydrogen) atoms.